The smallest absolute Gasteiger partial charge is 0.330 e. The Bertz CT molecular complexity index is 1130. The zero-order valence-electron chi connectivity index (χ0n) is 17.0. The van der Waals surface area contributed by atoms with E-state index in [1.165, 1.54) is 0 Å². The third kappa shape index (κ3) is 3.44. The molecule has 9 heteroatoms. The molecule has 158 valence electrons. The molecule has 30 heavy (non-hydrogen) atoms. The van der Waals surface area contributed by atoms with E-state index >= 15 is 0 Å². The molecule has 0 amide bonds. The maximum atomic E-state index is 12.8. The van der Waals surface area contributed by atoms with Gasteiger partial charge in [-0.3, -0.25) is 9.13 Å². The lowest BCUT2D eigenvalue weighted by molar-refractivity contribution is 0.122. The number of aromatic nitrogens is 4. The molecular formula is C21H25ClN6O2. The predicted octanol–water partition coefficient (Wildman–Crippen LogP) is 3.48. The first-order chi connectivity index (χ1) is 14.6. The first-order valence-corrected chi connectivity index (χ1v) is 10.8. The molecule has 0 spiro atoms. The van der Waals surface area contributed by atoms with Gasteiger partial charge < -0.3 is 15.0 Å². The SMILES string of the molecule is Cn1c(=O)n(C2CCCC2)c2nc(Nc3ccc(N4CCOCC4)c(Cl)c3)ncc21. The number of aryl methyl sites for hydroxylation is 1. The van der Waals surface area contributed by atoms with Crippen LogP contribution in [0.2, 0.25) is 5.02 Å². The summed E-state index contributed by atoms with van der Waals surface area (Å²) in [6, 6.07) is 6.07. The van der Waals surface area contributed by atoms with Crippen molar-refractivity contribution >= 4 is 40.1 Å². The summed E-state index contributed by atoms with van der Waals surface area (Å²) < 4.78 is 8.88. The van der Waals surface area contributed by atoms with Gasteiger partial charge in [-0.2, -0.15) is 4.98 Å². The van der Waals surface area contributed by atoms with Crippen LogP contribution in [0.15, 0.2) is 29.2 Å². The average Bonchev–Trinajstić information content (AvgIpc) is 3.36. The molecule has 0 bridgehead atoms. The molecule has 1 aromatic carbocycles. The summed E-state index contributed by atoms with van der Waals surface area (Å²) in [7, 11) is 1.77. The second-order valence-corrected chi connectivity index (χ2v) is 8.35. The van der Waals surface area contributed by atoms with Gasteiger partial charge in [-0.25, -0.2) is 9.78 Å². The summed E-state index contributed by atoms with van der Waals surface area (Å²) in [5, 5.41) is 3.91. The van der Waals surface area contributed by atoms with E-state index in [1.54, 1.807) is 17.8 Å². The summed E-state index contributed by atoms with van der Waals surface area (Å²) in [6.07, 6.45) is 6.05. The summed E-state index contributed by atoms with van der Waals surface area (Å²) in [5.41, 5.74) is 3.21. The van der Waals surface area contributed by atoms with Gasteiger partial charge in [0.15, 0.2) is 5.65 Å². The molecule has 8 nitrogen and oxygen atoms in total. The van der Waals surface area contributed by atoms with Crippen LogP contribution in [0.3, 0.4) is 0 Å². The molecule has 2 fully saturated rings. The Labute approximate surface area is 179 Å². The van der Waals surface area contributed by atoms with Gasteiger partial charge in [0.05, 0.1) is 30.1 Å². The minimum Gasteiger partial charge on any atom is -0.378 e. The second kappa shape index (κ2) is 7.92. The Hall–Kier alpha value is -2.58. The zero-order chi connectivity index (χ0) is 20.7. The fraction of sp³-hybridized carbons (Fsp3) is 0.476. The predicted molar refractivity (Wildman–Crippen MR) is 118 cm³/mol. The molecule has 1 N–H and O–H groups in total. The molecule has 3 heterocycles. The fourth-order valence-corrected chi connectivity index (χ4v) is 4.76. The highest BCUT2D eigenvalue weighted by molar-refractivity contribution is 6.33. The molecule has 1 saturated heterocycles. The molecule has 0 atom stereocenters. The topological polar surface area (TPSA) is 77.2 Å². The highest BCUT2D eigenvalue weighted by atomic mass is 35.5. The Morgan fingerprint density at radius 3 is 2.70 bits per heavy atom. The van der Waals surface area contributed by atoms with Crippen molar-refractivity contribution in [3.05, 3.63) is 39.9 Å². The molecule has 0 radical (unpaired) electrons. The number of hydrogen-bond acceptors (Lipinski definition) is 6. The van der Waals surface area contributed by atoms with E-state index in [4.69, 9.17) is 16.3 Å². The van der Waals surface area contributed by atoms with Crippen LogP contribution in [-0.2, 0) is 11.8 Å². The van der Waals surface area contributed by atoms with Gasteiger partial charge in [0.25, 0.3) is 0 Å². The molecule has 3 aromatic rings. The van der Waals surface area contributed by atoms with Crippen LogP contribution in [0.5, 0.6) is 0 Å². The van der Waals surface area contributed by atoms with Gasteiger partial charge in [0.2, 0.25) is 5.95 Å². The van der Waals surface area contributed by atoms with E-state index in [1.807, 2.05) is 22.8 Å². The maximum absolute atomic E-state index is 12.8. The van der Waals surface area contributed by atoms with E-state index in [0.29, 0.717) is 29.8 Å². The van der Waals surface area contributed by atoms with Gasteiger partial charge in [-0.05, 0) is 31.0 Å². The molecule has 2 aromatic heterocycles. The highest BCUT2D eigenvalue weighted by Gasteiger charge is 2.24. The summed E-state index contributed by atoms with van der Waals surface area (Å²) in [4.78, 5) is 24.1. The van der Waals surface area contributed by atoms with E-state index in [2.05, 4.69) is 20.2 Å². The molecular weight excluding hydrogens is 404 g/mol. The third-order valence-corrected chi connectivity index (χ3v) is 6.38. The average molecular weight is 429 g/mol. The van der Waals surface area contributed by atoms with Crippen molar-refractivity contribution < 1.29 is 4.74 Å². The Kier molecular flexibility index (Phi) is 5.12. The Morgan fingerprint density at radius 1 is 1.20 bits per heavy atom. The number of nitrogens with one attached hydrogen (secondary N) is 1. The van der Waals surface area contributed by atoms with Crippen molar-refractivity contribution in [2.75, 3.05) is 36.5 Å². The van der Waals surface area contributed by atoms with Crippen molar-refractivity contribution in [2.24, 2.45) is 7.05 Å². The van der Waals surface area contributed by atoms with E-state index < -0.39 is 0 Å². The van der Waals surface area contributed by atoms with Crippen molar-refractivity contribution in [3.8, 4) is 0 Å². The third-order valence-electron chi connectivity index (χ3n) is 6.08. The molecule has 1 aliphatic heterocycles. The minimum absolute atomic E-state index is 0.0266. The first kappa shape index (κ1) is 19.4. The van der Waals surface area contributed by atoms with Gasteiger partial charge in [0, 0.05) is 31.9 Å². The highest BCUT2D eigenvalue weighted by Crippen LogP contribution is 2.32. The van der Waals surface area contributed by atoms with Crippen molar-refractivity contribution in [3.63, 3.8) is 0 Å². The minimum atomic E-state index is -0.0266. The first-order valence-electron chi connectivity index (χ1n) is 10.4. The van der Waals surface area contributed by atoms with Crippen molar-refractivity contribution in [2.45, 2.75) is 31.7 Å². The number of fused-ring (bicyclic) bond motifs is 1. The van der Waals surface area contributed by atoms with Crippen molar-refractivity contribution in [1.29, 1.82) is 0 Å². The van der Waals surface area contributed by atoms with Crippen LogP contribution in [0.25, 0.3) is 11.2 Å². The monoisotopic (exact) mass is 428 g/mol. The molecule has 2 aliphatic rings. The Balaban J connectivity index is 1.45. The van der Waals surface area contributed by atoms with Crippen molar-refractivity contribution in [1.82, 2.24) is 19.1 Å². The van der Waals surface area contributed by atoms with Gasteiger partial charge in [-0.1, -0.05) is 24.4 Å². The van der Waals surface area contributed by atoms with Gasteiger partial charge in [-0.15, -0.1) is 0 Å². The summed E-state index contributed by atoms with van der Waals surface area (Å²) >= 11 is 6.55. The normalized spacial score (nSPS) is 17.7. The molecule has 1 aliphatic carbocycles. The summed E-state index contributed by atoms with van der Waals surface area (Å²) in [5.74, 6) is 0.454. The van der Waals surface area contributed by atoms with E-state index in [9.17, 15) is 4.79 Å². The maximum Gasteiger partial charge on any atom is 0.330 e. The fourth-order valence-electron chi connectivity index (χ4n) is 4.46. The summed E-state index contributed by atoms with van der Waals surface area (Å²) in [6.45, 7) is 3.09. The lowest BCUT2D eigenvalue weighted by atomic mass is 10.2. The lowest BCUT2D eigenvalue weighted by Crippen LogP contribution is -2.36. The number of imidazole rings is 1. The number of anilines is 3. The number of halogens is 1. The van der Waals surface area contributed by atoms with Gasteiger partial charge in [0.1, 0.15) is 5.52 Å². The zero-order valence-corrected chi connectivity index (χ0v) is 17.7. The van der Waals surface area contributed by atoms with Crippen LogP contribution >= 0.6 is 11.6 Å². The number of ether oxygens (including phenoxy) is 1. The van der Waals surface area contributed by atoms with E-state index in [-0.39, 0.29) is 11.7 Å². The van der Waals surface area contributed by atoms with E-state index in [0.717, 1.165) is 55.7 Å². The second-order valence-electron chi connectivity index (χ2n) is 7.94. The van der Waals surface area contributed by atoms with Crippen LogP contribution in [0, 0.1) is 0 Å². The molecule has 0 unspecified atom stereocenters. The number of rotatable bonds is 4. The van der Waals surface area contributed by atoms with Crippen LogP contribution in [0.4, 0.5) is 17.3 Å². The van der Waals surface area contributed by atoms with Gasteiger partial charge >= 0.3 is 5.69 Å². The Morgan fingerprint density at radius 2 is 1.97 bits per heavy atom. The number of nitrogens with zero attached hydrogens (tertiary/aromatic N) is 5. The van der Waals surface area contributed by atoms with Crippen LogP contribution in [0.1, 0.15) is 31.7 Å². The largest absolute Gasteiger partial charge is 0.378 e. The molecule has 5 rings (SSSR count). The number of morpholine rings is 1. The number of hydrogen-bond donors (Lipinski definition) is 1. The quantitative estimate of drug-likeness (QED) is 0.685. The standard InChI is InChI=1S/C21H25ClN6O2/c1-26-18-13-23-20(25-19(18)28(21(26)29)15-4-2-3-5-15)24-14-6-7-17(16(22)12-14)27-8-10-30-11-9-27/h6-7,12-13,15H,2-5,8-11H2,1H3,(H,23,24,25). The van der Waals surface area contributed by atoms with Crippen LogP contribution < -0.4 is 15.9 Å². The van der Waals surface area contributed by atoms with Crippen LogP contribution in [-0.4, -0.2) is 45.4 Å². The lowest BCUT2D eigenvalue weighted by Gasteiger charge is -2.29. The molecule has 1 saturated carbocycles. The number of benzene rings is 1.